The molecule has 4 heteroatoms. The van der Waals surface area contributed by atoms with E-state index in [9.17, 15) is 0 Å². The number of hydrogen-bond acceptors (Lipinski definition) is 3. The Morgan fingerprint density at radius 2 is 1.76 bits per heavy atom. The van der Waals surface area contributed by atoms with Gasteiger partial charge in [0.05, 0.1) is 25.7 Å². The Hall–Kier alpha value is -2.43. The maximum atomic E-state index is 6.18. The third-order valence-electron chi connectivity index (χ3n) is 8.06. The Labute approximate surface area is 205 Å². The van der Waals surface area contributed by atoms with E-state index in [0.29, 0.717) is 0 Å². The van der Waals surface area contributed by atoms with E-state index in [1.54, 1.807) is 0 Å². The lowest BCUT2D eigenvalue weighted by Crippen LogP contribution is -2.48. The normalized spacial score (nSPS) is 19.4. The standard InChI is InChI=1S/C30H40N3O/c1-24-12-13-28-29(31-24)10-7-11-30(28)34-21-18-32-16-14-25(15-17-32)22-26-8-6-9-27(23-26)33(2)19-4-3-5-20-33/h6-13,23,25H,3-5,14-22H2,1-2H3/q+1. The zero-order valence-electron chi connectivity index (χ0n) is 21.0. The van der Waals surface area contributed by atoms with Crippen molar-refractivity contribution >= 4 is 16.6 Å². The number of rotatable bonds is 7. The highest BCUT2D eigenvalue weighted by Crippen LogP contribution is 2.30. The third-order valence-corrected chi connectivity index (χ3v) is 8.06. The zero-order chi connectivity index (χ0) is 23.4. The Kier molecular flexibility index (Phi) is 7.17. The number of ether oxygens (including phenoxy) is 1. The second-order valence-electron chi connectivity index (χ2n) is 10.7. The summed E-state index contributed by atoms with van der Waals surface area (Å²) in [5.74, 6) is 1.75. The number of aromatic nitrogens is 1. The number of hydrogen-bond donors (Lipinski definition) is 0. The molecule has 34 heavy (non-hydrogen) atoms. The fourth-order valence-corrected chi connectivity index (χ4v) is 5.87. The van der Waals surface area contributed by atoms with E-state index in [1.165, 1.54) is 76.0 Å². The fourth-order valence-electron chi connectivity index (χ4n) is 5.87. The summed E-state index contributed by atoms with van der Waals surface area (Å²) in [6.45, 7) is 8.70. The number of piperidine rings is 2. The van der Waals surface area contributed by atoms with Crippen molar-refractivity contribution in [2.75, 3.05) is 46.4 Å². The topological polar surface area (TPSA) is 25.4 Å². The SMILES string of the molecule is Cc1ccc2c(OCCN3CCC(Cc4cccc([N+]5(C)CCCCC5)c4)CC3)cccc2n1. The Morgan fingerprint density at radius 3 is 2.59 bits per heavy atom. The first-order valence-electron chi connectivity index (χ1n) is 13.2. The van der Waals surface area contributed by atoms with Crippen molar-refractivity contribution in [1.82, 2.24) is 14.4 Å². The monoisotopic (exact) mass is 458 g/mol. The molecule has 2 saturated heterocycles. The van der Waals surface area contributed by atoms with Gasteiger partial charge in [0.2, 0.25) is 0 Å². The van der Waals surface area contributed by atoms with Crippen LogP contribution in [-0.2, 0) is 6.42 Å². The highest BCUT2D eigenvalue weighted by atomic mass is 16.5. The Balaban J connectivity index is 1.10. The largest absolute Gasteiger partial charge is 0.492 e. The highest BCUT2D eigenvalue weighted by molar-refractivity contribution is 5.85. The van der Waals surface area contributed by atoms with Gasteiger partial charge in [0, 0.05) is 23.7 Å². The Morgan fingerprint density at radius 1 is 0.971 bits per heavy atom. The van der Waals surface area contributed by atoms with Crippen LogP contribution in [-0.4, -0.2) is 56.3 Å². The summed E-state index contributed by atoms with van der Waals surface area (Å²) in [5.41, 5.74) is 5.11. The predicted octanol–water partition coefficient (Wildman–Crippen LogP) is 6.00. The molecule has 0 unspecified atom stereocenters. The van der Waals surface area contributed by atoms with E-state index in [2.05, 4.69) is 65.5 Å². The summed E-state index contributed by atoms with van der Waals surface area (Å²) in [5, 5.41) is 1.11. The average molecular weight is 459 g/mol. The van der Waals surface area contributed by atoms with Gasteiger partial charge in [0.15, 0.2) is 0 Å². The molecule has 0 N–H and O–H groups in total. The Bertz CT molecular complexity index is 1100. The van der Waals surface area contributed by atoms with E-state index in [0.717, 1.165) is 45.9 Å². The van der Waals surface area contributed by atoms with Crippen LogP contribution >= 0.6 is 0 Å². The van der Waals surface area contributed by atoms with Gasteiger partial charge in [-0.05, 0) is 100 Å². The van der Waals surface area contributed by atoms with Crippen molar-refractivity contribution in [2.24, 2.45) is 5.92 Å². The lowest BCUT2D eigenvalue weighted by molar-refractivity contribution is 0.155. The van der Waals surface area contributed by atoms with E-state index < -0.39 is 0 Å². The molecule has 1 aromatic heterocycles. The van der Waals surface area contributed by atoms with Crippen LogP contribution < -0.4 is 9.22 Å². The van der Waals surface area contributed by atoms with E-state index in [1.807, 2.05) is 13.0 Å². The summed E-state index contributed by atoms with van der Waals surface area (Å²) in [7, 11) is 2.43. The molecule has 2 aromatic carbocycles. The van der Waals surface area contributed by atoms with Gasteiger partial charge in [-0.2, -0.15) is 0 Å². The molecule has 2 aliphatic heterocycles. The van der Waals surface area contributed by atoms with Gasteiger partial charge in [-0.3, -0.25) is 14.4 Å². The minimum Gasteiger partial charge on any atom is -0.492 e. The number of quaternary nitrogens is 1. The minimum atomic E-state index is 0.732. The van der Waals surface area contributed by atoms with Gasteiger partial charge >= 0.3 is 0 Å². The fraction of sp³-hybridized carbons (Fsp3) is 0.500. The summed E-state index contributed by atoms with van der Waals surface area (Å²) < 4.78 is 7.30. The summed E-state index contributed by atoms with van der Waals surface area (Å²) in [4.78, 5) is 7.19. The maximum Gasteiger partial charge on any atom is 0.132 e. The third kappa shape index (κ3) is 5.45. The molecule has 2 aliphatic rings. The lowest BCUT2D eigenvalue weighted by Gasteiger charge is -2.37. The molecule has 4 nitrogen and oxygen atoms in total. The van der Waals surface area contributed by atoms with Crippen LogP contribution in [0.15, 0.2) is 54.6 Å². The first-order chi connectivity index (χ1) is 16.6. The van der Waals surface area contributed by atoms with Crippen molar-refractivity contribution in [3.8, 4) is 5.75 Å². The number of fused-ring (bicyclic) bond motifs is 1. The number of pyridine rings is 1. The van der Waals surface area contributed by atoms with Gasteiger partial charge < -0.3 is 4.74 Å². The predicted molar refractivity (Wildman–Crippen MR) is 143 cm³/mol. The second kappa shape index (κ2) is 10.5. The molecule has 3 heterocycles. The van der Waals surface area contributed by atoms with Crippen LogP contribution in [0, 0.1) is 12.8 Å². The first kappa shape index (κ1) is 23.3. The average Bonchev–Trinajstić information content (AvgIpc) is 2.86. The quantitative estimate of drug-likeness (QED) is 0.406. The molecule has 0 amide bonds. The van der Waals surface area contributed by atoms with E-state index in [4.69, 9.17) is 4.74 Å². The van der Waals surface area contributed by atoms with Crippen LogP contribution in [0.25, 0.3) is 10.9 Å². The second-order valence-corrected chi connectivity index (χ2v) is 10.7. The van der Waals surface area contributed by atoms with Crippen LogP contribution in [0.3, 0.4) is 0 Å². The van der Waals surface area contributed by atoms with E-state index >= 15 is 0 Å². The van der Waals surface area contributed by atoms with Gasteiger partial charge in [-0.25, -0.2) is 0 Å². The molecule has 0 aliphatic carbocycles. The molecule has 3 aromatic rings. The van der Waals surface area contributed by atoms with Crippen LogP contribution in [0.1, 0.15) is 43.4 Å². The van der Waals surface area contributed by atoms with Gasteiger partial charge in [0.1, 0.15) is 18.0 Å². The molecule has 0 spiro atoms. The lowest BCUT2D eigenvalue weighted by atomic mass is 9.90. The number of likely N-dealkylation sites (tertiary alicyclic amines) is 2. The molecular weight excluding hydrogens is 418 g/mol. The number of nitrogens with zero attached hydrogens (tertiary/aromatic N) is 3. The molecule has 0 radical (unpaired) electrons. The molecule has 180 valence electrons. The number of benzene rings is 2. The van der Waals surface area contributed by atoms with Gasteiger partial charge in [-0.1, -0.05) is 18.2 Å². The first-order valence-corrected chi connectivity index (χ1v) is 13.2. The highest BCUT2D eigenvalue weighted by Gasteiger charge is 2.28. The molecule has 0 atom stereocenters. The van der Waals surface area contributed by atoms with Crippen molar-refractivity contribution in [3.05, 3.63) is 65.9 Å². The summed E-state index contributed by atoms with van der Waals surface area (Å²) in [6, 6.07) is 19.8. The van der Waals surface area contributed by atoms with Crippen molar-refractivity contribution in [2.45, 2.75) is 45.4 Å². The molecule has 5 rings (SSSR count). The van der Waals surface area contributed by atoms with Crippen molar-refractivity contribution in [3.63, 3.8) is 0 Å². The minimum absolute atomic E-state index is 0.732. The van der Waals surface area contributed by atoms with Crippen molar-refractivity contribution < 1.29 is 4.74 Å². The molecule has 0 bridgehead atoms. The summed E-state index contributed by atoms with van der Waals surface area (Å²) >= 11 is 0. The smallest absolute Gasteiger partial charge is 0.132 e. The van der Waals surface area contributed by atoms with Crippen molar-refractivity contribution in [1.29, 1.82) is 0 Å². The number of aryl methyl sites for hydroxylation is 1. The van der Waals surface area contributed by atoms with E-state index in [-0.39, 0.29) is 0 Å². The van der Waals surface area contributed by atoms with Gasteiger partial charge in [0.25, 0.3) is 0 Å². The maximum absolute atomic E-state index is 6.18. The molecular formula is C30H40N3O+. The summed E-state index contributed by atoms with van der Waals surface area (Å²) in [6.07, 6.45) is 7.91. The molecule has 2 fully saturated rings. The van der Waals surface area contributed by atoms with Crippen LogP contribution in [0.2, 0.25) is 0 Å². The molecule has 0 saturated carbocycles. The van der Waals surface area contributed by atoms with Crippen LogP contribution in [0.4, 0.5) is 5.69 Å². The van der Waals surface area contributed by atoms with Gasteiger partial charge in [-0.15, -0.1) is 0 Å². The van der Waals surface area contributed by atoms with Crippen LogP contribution in [0.5, 0.6) is 5.75 Å². The zero-order valence-corrected chi connectivity index (χ0v) is 21.0.